The van der Waals surface area contributed by atoms with Gasteiger partial charge in [0, 0.05) is 31.0 Å². The highest BCUT2D eigenvalue weighted by molar-refractivity contribution is 5.73. The Labute approximate surface area is 119 Å². The minimum atomic E-state index is -0.448. The van der Waals surface area contributed by atoms with E-state index in [4.69, 9.17) is 10.5 Å². The molecular weight excluding hydrogens is 254 g/mol. The lowest BCUT2D eigenvalue weighted by molar-refractivity contribution is -0.00626. The standard InChI is InChI=1S/C15H21N3O2/c1-14(2,3)20-13(19)18-8-15(9-18)7-17-12-5-4-10(16)6-11(12)15/h4-6,17H,7-9,16H2,1-3H3. The lowest BCUT2D eigenvalue weighted by Crippen LogP contribution is -2.62. The third-order valence-corrected chi connectivity index (χ3v) is 3.87. The van der Waals surface area contributed by atoms with Crippen molar-refractivity contribution >= 4 is 17.5 Å². The highest BCUT2D eigenvalue weighted by Crippen LogP contribution is 2.44. The van der Waals surface area contributed by atoms with Gasteiger partial charge in [-0.25, -0.2) is 4.79 Å². The first-order chi connectivity index (χ1) is 9.29. The van der Waals surface area contributed by atoms with Crippen LogP contribution in [0.5, 0.6) is 0 Å². The fraction of sp³-hybridized carbons (Fsp3) is 0.533. The fourth-order valence-electron chi connectivity index (χ4n) is 2.94. The van der Waals surface area contributed by atoms with Crippen LogP contribution in [0.1, 0.15) is 26.3 Å². The third kappa shape index (κ3) is 2.07. The maximum atomic E-state index is 12.0. The van der Waals surface area contributed by atoms with Crippen molar-refractivity contribution in [3.63, 3.8) is 0 Å². The normalized spacial score (nSPS) is 19.2. The molecular formula is C15H21N3O2. The van der Waals surface area contributed by atoms with Crippen molar-refractivity contribution in [2.45, 2.75) is 31.8 Å². The average molecular weight is 275 g/mol. The van der Waals surface area contributed by atoms with Crippen LogP contribution in [0.4, 0.5) is 16.2 Å². The Morgan fingerprint density at radius 3 is 2.75 bits per heavy atom. The number of carbonyl (C=O) groups is 1. The number of ether oxygens (including phenoxy) is 1. The third-order valence-electron chi connectivity index (χ3n) is 3.87. The molecule has 0 saturated carbocycles. The van der Waals surface area contributed by atoms with Gasteiger partial charge in [0.05, 0.1) is 5.41 Å². The summed E-state index contributed by atoms with van der Waals surface area (Å²) in [5.41, 5.74) is 8.54. The van der Waals surface area contributed by atoms with Crippen LogP contribution in [-0.2, 0) is 10.2 Å². The molecule has 0 unspecified atom stereocenters. The Morgan fingerprint density at radius 1 is 1.40 bits per heavy atom. The van der Waals surface area contributed by atoms with Crippen molar-refractivity contribution in [1.82, 2.24) is 4.90 Å². The molecule has 2 aliphatic rings. The quantitative estimate of drug-likeness (QED) is 0.712. The molecule has 1 aromatic rings. The minimum absolute atomic E-state index is 0.00160. The summed E-state index contributed by atoms with van der Waals surface area (Å²) >= 11 is 0. The smallest absolute Gasteiger partial charge is 0.410 e. The zero-order chi connectivity index (χ0) is 14.5. The number of carbonyl (C=O) groups excluding carboxylic acids is 1. The summed E-state index contributed by atoms with van der Waals surface area (Å²) in [5, 5.41) is 3.39. The molecule has 1 fully saturated rings. The van der Waals surface area contributed by atoms with Gasteiger partial charge in [0.25, 0.3) is 0 Å². The first-order valence-corrected chi connectivity index (χ1v) is 6.91. The van der Waals surface area contributed by atoms with Crippen LogP contribution in [0.2, 0.25) is 0 Å². The highest BCUT2D eigenvalue weighted by Gasteiger charge is 2.51. The zero-order valence-electron chi connectivity index (χ0n) is 12.2. The second-order valence-electron chi connectivity index (χ2n) is 6.78. The summed E-state index contributed by atoms with van der Waals surface area (Å²) in [5.74, 6) is 0. The van der Waals surface area contributed by atoms with E-state index in [1.54, 1.807) is 4.90 Å². The van der Waals surface area contributed by atoms with Gasteiger partial charge in [-0.15, -0.1) is 0 Å². The topological polar surface area (TPSA) is 67.6 Å². The van der Waals surface area contributed by atoms with Gasteiger partial charge in [-0.05, 0) is 44.5 Å². The Bertz CT molecular complexity index is 557. The molecule has 5 nitrogen and oxygen atoms in total. The SMILES string of the molecule is CC(C)(C)OC(=O)N1CC2(CNc3ccc(N)cc32)C1. The largest absolute Gasteiger partial charge is 0.444 e. The van der Waals surface area contributed by atoms with Crippen molar-refractivity contribution in [2.75, 3.05) is 30.7 Å². The molecule has 1 aromatic carbocycles. The van der Waals surface area contributed by atoms with E-state index in [0.29, 0.717) is 13.1 Å². The Kier molecular flexibility index (Phi) is 2.64. The monoisotopic (exact) mass is 275 g/mol. The average Bonchev–Trinajstić information content (AvgIpc) is 2.63. The molecule has 20 heavy (non-hydrogen) atoms. The number of likely N-dealkylation sites (tertiary alicyclic amines) is 1. The summed E-state index contributed by atoms with van der Waals surface area (Å²) in [6, 6.07) is 5.92. The van der Waals surface area contributed by atoms with Gasteiger partial charge in [-0.3, -0.25) is 0 Å². The van der Waals surface area contributed by atoms with Crippen LogP contribution in [0.25, 0.3) is 0 Å². The number of nitrogens with zero attached hydrogens (tertiary/aromatic N) is 1. The number of benzene rings is 1. The molecule has 0 atom stereocenters. The second kappa shape index (κ2) is 4.04. The highest BCUT2D eigenvalue weighted by atomic mass is 16.6. The Balaban J connectivity index is 1.72. The first-order valence-electron chi connectivity index (χ1n) is 6.91. The summed E-state index contributed by atoms with van der Waals surface area (Å²) < 4.78 is 5.40. The van der Waals surface area contributed by atoms with E-state index in [1.165, 1.54) is 5.56 Å². The number of hydrogen-bond acceptors (Lipinski definition) is 4. The number of nitrogens with two attached hydrogens (primary N) is 1. The van der Waals surface area contributed by atoms with Crippen LogP contribution in [0.3, 0.4) is 0 Å². The Hall–Kier alpha value is -1.91. The summed E-state index contributed by atoms with van der Waals surface area (Å²) in [7, 11) is 0. The lowest BCUT2D eigenvalue weighted by atomic mass is 9.75. The maximum absolute atomic E-state index is 12.0. The lowest BCUT2D eigenvalue weighted by Gasteiger charge is -2.47. The van der Waals surface area contributed by atoms with Crippen molar-refractivity contribution in [1.29, 1.82) is 0 Å². The van der Waals surface area contributed by atoms with Gasteiger partial charge < -0.3 is 20.7 Å². The fourth-order valence-corrected chi connectivity index (χ4v) is 2.94. The first kappa shape index (κ1) is 13.1. The van der Waals surface area contributed by atoms with Crippen LogP contribution in [0.15, 0.2) is 18.2 Å². The van der Waals surface area contributed by atoms with Crippen molar-refractivity contribution in [3.05, 3.63) is 23.8 Å². The van der Waals surface area contributed by atoms with E-state index >= 15 is 0 Å². The van der Waals surface area contributed by atoms with Crippen molar-refractivity contribution in [2.24, 2.45) is 0 Å². The van der Waals surface area contributed by atoms with Crippen molar-refractivity contribution < 1.29 is 9.53 Å². The van der Waals surface area contributed by atoms with E-state index in [-0.39, 0.29) is 11.5 Å². The van der Waals surface area contributed by atoms with Gasteiger partial charge in [-0.2, -0.15) is 0 Å². The van der Waals surface area contributed by atoms with Gasteiger partial charge >= 0.3 is 6.09 Å². The van der Waals surface area contributed by atoms with Crippen LogP contribution in [-0.4, -0.2) is 36.2 Å². The summed E-state index contributed by atoms with van der Waals surface area (Å²) in [6.45, 7) is 7.87. The van der Waals surface area contributed by atoms with Gasteiger partial charge in [0.15, 0.2) is 0 Å². The van der Waals surface area contributed by atoms with Gasteiger partial charge in [0.2, 0.25) is 0 Å². The number of anilines is 2. The molecule has 3 N–H and O–H groups in total. The van der Waals surface area contributed by atoms with E-state index in [0.717, 1.165) is 17.9 Å². The molecule has 0 bridgehead atoms. The minimum Gasteiger partial charge on any atom is -0.444 e. The summed E-state index contributed by atoms with van der Waals surface area (Å²) in [4.78, 5) is 13.8. The zero-order valence-corrected chi connectivity index (χ0v) is 12.2. The molecule has 5 heteroatoms. The molecule has 3 rings (SSSR count). The number of nitrogens with one attached hydrogen (secondary N) is 1. The molecule has 1 amide bonds. The van der Waals surface area contributed by atoms with E-state index in [9.17, 15) is 4.79 Å². The predicted octanol–water partition coefficient (Wildman–Crippen LogP) is 2.18. The molecule has 2 aliphatic heterocycles. The molecule has 0 radical (unpaired) electrons. The molecule has 1 spiro atoms. The molecule has 0 aromatic heterocycles. The van der Waals surface area contributed by atoms with Crippen molar-refractivity contribution in [3.8, 4) is 0 Å². The van der Waals surface area contributed by atoms with E-state index in [2.05, 4.69) is 5.32 Å². The number of nitrogen functional groups attached to an aromatic ring is 1. The summed E-state index contributed by atoms with van der Waals surface area (Å²) in [6.07, 6.45) is -0.236. The molecule has 0 aliphatic carbocycles. The Morgan fingerprint density at radius 2 is 2.10 bits per heavy atom. The van der Waals surface area contributed by atoms with E-state index in [1.807, 2.05) is 39.0 Å². The van der Waals surface area contributed by atoms with Crippen LogP contribution < -0.4 is 11.1 Å². The second-order valence-corrected chi connectivity index (χ2v) is 6.78. The maximum Gasteiger partial charge on any atom is 0.410 e. The number of rotatable bonds is 0. The molecule has 2 heterocycles. The van der Waals surface area contributed by atoms with Crippen LogP contribution >= 0.6 is 0 Å². The number of hydrogen-bond donors (Lipinski definition) is 2. The van der Waals surface area contributed by atoms with E-state index < -0.39 is 5.60 Å². The number of fused-ring (bicyclic) bond motifs is 2. The van der Waals surface area contributed by atoms with Gasteiger partial charge in [0.1, 0.15) is 5.60 Å². The molecule has 108 valence electrons. The van der Waals surface area contributed by atoms with Gasteiger partial charge in [-0.1, -0.05) is 0 Å². The van der Waals surface area contributed by atoms with Crippen LogP contribution in [0, 0.1) is 0 Å². The predicted molar refractivity (Wildman–Crippen MR) is 78.8 cm³/mol. The number of amides is 1. The molecule has 1 saturated heterocycles.